The Hall–Kier alpha value is -2.01. The quantitative estimate of drug-likeness (QED) is 0.914. The number of thiophene rings is 1. The number of aromatic carboxylic acids is 1. The Morgan fingerprint density at radius 3 is 2.63 bits per heavy atom. The number of fused-ring (bicyclic) bond motifs is 1. The van der Waals surface area contributed by atoms with Crippen LogP contribution in [0, 0.1) is 0 Å². The Morgan fingerprint density at radius 1 is 1.11 bits per heavy atom. The molecule has 2 heterocycles. The molecule has 0 amide bonds. The molecule has 5 heteroatoms. The molecule has 1 aromatic carbocycles. The average molecular weight is 276 g/mol. The van der Waals surface area contributed by atoms with Crippen molar-refractivity contribution < 1.29 is 19.4 Å². The minimum absolute atomic E-state index is 0.335. The van der Waals surface area contributed by atoms with Gasteiger partial charge in [-0.15, -0.1) is 11.3 Å². The first-order chi connectivity index (χ1) is 9.24. The summed E-state index contributed by atoms with van der Waals surface area (Å²) in [5.41, 5.74) is 0.946. The highest BCUT2D eigenvalue weighted by Gasteiger charge is 2.13. The van der Waals surface area contributed by atoms with Gasteiger partial charge in [-0.3, -0.25) is 0 Å². The topological polar surface area (TPSA) is 55.8 Å². The van der Waals surface area contributed by atoms with E-state index in [1.54, 1.807) is 6.07 Å². The number of carboxylic acids is 1. The highest BCUT2D eigenvalue weighted by atomic mass is 32.1. The summed E-state index contributed by atoms with van der Waals surface area (Å²) in [6.45, 7) is 1.30. The van der Waals surface area contributed by atoms with Crippen molar-refractivity contribution >= 4 is 17.3 Å². The smallest absolute Gasteiger partial charge is 0.345 e. The highest BCUT2D eigenvalue weighted by molar-refractivity contribution is 7.17. The molecule has 1 aliphatic heterocycles. The lowest BCUT2D eigenvalue weighted by atomic mass is 10.1. The number of hydrogen-bond acceptors (Lipinski definition) is 4. The molecular formula is C14H12O4S. The summed E-state index contributed by atoms with van der Waals surface area (Å²) < 4.78 is 11.2. The Labute approximate surface area is 114 Å². The first-order valence-electron chi connectivity index (χ1n) is 5.97. The van der Waals surface area contributed by atoms with E-state index in [9.17, 15) is 4.79 Å². The van der Waals surface area contributed by atoms with Gasteiger partial charge in [0, 0.05) is 11.3 Å². The lowest BCUT2D eigenvalue weighted by Gasteiger charge is -2.08. The maximum absolute atomic E-state index is 10.9. The molecule has 98 valence electrons. The molecule has 0 aliphatic carbocycles. The first-order valence-corrected chi connectivity index (χ1v) is 6.79. The number of benzene rings is 1. The van der Waals surface area contributed by atoms with Crippen molar-refractivity contribution in [3.8, 4) is 21.9 Å². The Balaban J connectivity index is 1.96. The molecule has 0 fully saturated rings. The van der Waals surface area contributed by atoms with Crippen LogP contribution in [-0.4, -0.2) is 24.3 Å². The van der Waals surface area contributed by atoms with Crippen molar-refractivity contribution in [1.29, 1.82) is 0 Å². The molecule has 1 aromatic heterocycles. The van der Waals surface area contributed by atoms with E-state index < -0.39 is 5.97 Å². The van der Waals surface area contributed by atoms with Crippen molar-refractivity contribution in [2.45, 2.75) is 6.42 Å². The Bertz CT molecular complexity index is 618. The summed E-state index contributed by atoms with van der Waals surface area (Å²) >= 11 is 1.25. The molecule has 2 aromatic rings. The average Bonchev–Trinajstić information content (AvgIpc) is 2.78. The van der Waals surface area contributed by atoms with E-state index in [4.69, 9.17) is 14.6 Å². The number of rotatable bonds is 2. The van der Waals surface area contributed by atoms with E-state index in [1.165, 1.54) is 11.3 Å². The molecule has 0 radical (unpaired) electrons. The van der Waals surface area contributed by atoms with E-state index in [0.29, 0.717) is 18.1 Å². The SMILES string of the molecule is O=C(O)c1ccc(-c2ccc3c(c2)OCCCO3)s1. The molecule has 0 saturated carbocycles. The van der Waals surface area contributed by atoms with Gasteiger partial charge in [-0.1, -0.05) is 0 Å². The summed E-state index contributed by atoms with van der Waals surface area (Å²) in [5, 5.41) is 8.94. The molecule has 0 saturated heterocycles. The van der Waals surface area contributed by atoms with Crippen molar-refractivity contribution in [3.63, 3.8) is 0 Å². The van der Waals surface area contributed by atoms with Gasteiger partial charge in [0.15, 0.2) is 11.5 Å². The van der Waals surface area contributed by atoms with Crippen LogP contribution in [0.2, 0.25) is 0 Å². The number of hydrogen-bond donors (Lipinski definition) is 1. The second-order valence-corrected chi connectivity index (χ2v) is 5.26. The fraction of sp³-hybridized carbons (Fsp3) is 0.214. The fourth-order valence-electron chi connectivity index (χ4n) is 1.92. The highest BCUT2D eigenvalue weighted by Crippen LogP contribution is 2.36. The van der Waals surface area contributed by atoms with Crippen molar-refractivity contribution in [2.24, 2.45) is 0 Å². The number of carbonyl (C=O) groups is 1. The molecule has 4 nitrogen and oxygen atoms in total. The maximum atomic E-state index is 10.9. The normalized spacial score (nSPS) is 13.9. The number of carboxylic acid groups (broad SMARTS) is 1. The van der Waals surface area contributed by atoms with Gasteiger partial charge < -0.3 is 14.6 Å². The van der Waals surface area contributed by atoms with Crippen LogP contribution in [0.1, 0.15) is 16.1 Å². The van der Waals surface area contributed by atoms with E-state index in [0.717, 1.165) is 28.4 Å². The third kappa shape index (κ3) is 2.42. The zero-order valence-corrected chi connectivity index (χ0v) is 10.9. The van der Waals surface area contributed by atoms with E-state index >= 15 is 0 Å². The molecule has 1 aliphatic rings. The third-order valence-corrected chi connectivity index (χ3v) is 3.97. The second kappa shape index (κ2) is 4.93. The molecule has 3 rings (SSSR count). The molecular weight excluding hydrogens is 264 g/mol. The monoisotopic (exact) mass is 276 g/mol. The van der Waals surface area contributed by atoms with Gasteiger partial charge in [0.25, 0.3) is 0 Å². The van der Waals surface area contributed by atoms with Crippen molar-refractivity contribution in [1.82, 2.24) is 0 Å². The van der Waals surface area contributed by atoms with Crippen molar-refractivity contribution in [2.75, 3.05) is 13.2 Å². The minimum Gasteiger partial charge on any atom is -0.490 e. The molecule has 0 spiro atoms. The van der Waals surface area contributed by atoms with Gasteiger partial charge in [0.1, 0.15) is 4.88 Å². The summed E-state index contributed by atoms with van der Waals surface area (Å²) in [5.74, 6) is 0.571. The standard InChI is InChI=1S/C14H12O4S/c15-14(16)13-5-4-12(19-13)9-2-3-10-11(8-9)18-7-1-6-17-10/h2-5,8H,1,6-7H2,(H,15,16). The zero-order chi connectivity index (χ0) is 13.2. The summed E-state index contributed by atoms with van der Waals surface area (Å²) in [4.78, 5) is 12.1. The van der Waals surface area contributed by atoms with Crippen LogP contribution < -0.4 is 9.47 Å². The van der Waals surface area contributed by atoms with Crippen LogP contribution >= 0.6 is 11.3 Å². The molecule has 1 N–H and O–H groups in total. The van der Waals surface area contributed by atoms with Crippen LogP contribution in [0.3, 0.4) is 0 Å². The van der Waals surface area contributed by atoms with Gasteiger partial charge >= 0.3 is 5.97 Å². The number of ether oxygens (including phenoxy) is 2. The van der Waals surface area contributed by atoms with Crippen LogP contribution in [0.15, 0.2) is 30.3 Å². The molecule has 19 heavy (non-hydrogen) atoms. The lowest BCUT2D eigenvalue weighted by Crippen LogP contribution is -1.97. The lowest BCUT2D eigenvalue weighted by molar-refractivity contribution is 0.0702. The minimum atomic E-state index is -0.898. The Morgan fingerprint density at radius 2 is 1.89 bits per heavy atom. The molecule has 0 unspecified atom stereocenters. The van der Waals surface area contributed by atoms with E-state index in [-0.39, 0.29) is 0 Å². The Kier molecular flexibility index (Phi) is 3.13. The van der Waals surface area contributed by atoms with Gasteiger partial charge in [-0.2, -0.15) is 0 Å². The second-order valence-electron chi connectivity index (χ2n) is 4.18. The van der Waals surface area contributed by atoms with Crippen LogP contribution in [0.4, 0.5) is 0 Å². The third-order valence-electron chi connectivity index (χ3n) is 2.85. The molecule has 0 atom stereocenters. The largest absolute Gasteiger partial charge is 0.490 e. The van der Waals surface area contributed by atoms with Gasteiger partial charge in [0.2, 0.25) is 0 Å². The van der Waals surface area contributed by atoms with Crippen LogP contribution in [0.25, 0.3) is 10.4 Å². The van der Waals surface area contributed by atoms with E-state index in [2.05, 4.69) is 0 Å². The van der Waals surface area contributed by atoms with Gasteiger partial charge in [0.05, 0.1) is 13.2 Å². The van der Waals surface area contributed by atoms with E-state index in [1.807, 2.05) is 24.3 Å². The zero-order valence-electron chi connectivity index (χ0n) is 10.1. The van der Waals surface area contributed by atoms with Crippen molar-refractivity contribution in [3.05, 3.63) is 35.2 Å². The predicted molar refractivity (Wildman–Crippen MR) is 72.3 cm³/mol. The van der Waals surface area contributed by atoms with Gasteiger partial charge in [-0.05, 0) is 35.9 Å². The van der Waals surface area contributed by atoms with Crippen LogP contribution in [-0.2, 0) is 0 Å². The molecule has 0 bridgehead atoms. The summed E-state index contributed by atoms with van der Waals surface area (Å²) in [7, 11) is 0. The van der Waals surface area contributed by atoms with Gasteiger partial charge in [-0.25, -0.2) is 4.79 Å². The maximum Gasteiger partial charge on any atom is 0.345 e. The predicted octanol–water partition coefficient (Wildman–Crippen LogP) is 3.27. The fourth-order valence-corrected chi connectivity index (χ4v) is 2.77. The summed E-state index contributed by atoms with van der Waals surface area (Å²) in [6.07, 6.45) is 0.867. The van der Waals surface area contributed by atoms with Crippen LogP contribution in [0.5, 0.6) is 11.5 Å². The summed E-state index contributed by atoms with van der Waals surface area (Å²) in [6, 6.07) is 9.12. The first kappa shape index (κ1) is 12.0.